The maximum Gasteiger partial charge on any atom is 0.128 e. The van der Waals surface area contributed by atoms with Crippen LogP contribution in [0, 0.1) is 6.92 Å². The average Bonchev–Trinajstić information content (AvgIpc) is 3.31. The van der Waals surface area contributed by atoms with E-state index in [1.165, 1.54) is 38.9 Å². The quantitative estimate of drug-likeness (QED) is 0.527. The van der Waals surface area contributed by atoms with Gasteiger partial charge in [-0.3, -0.25) is 0 Å². The van der Waals surface area contributed by atoms with Crippen molar-refractivity contribution in [1.29, 1.82) is 0 Å². The van der Waals surface area contributed by atoms with Gasteiger partial charge in [0.2, 0.25) is 0 Å². The van der Waals surface area contributed by atoms with E-state index in [9.17, 15) is 0 Å². The molecule has 0 atom stereocenters. The predicted octanol–water partition coefficient (Wildman–Crippen LogP) is 5.21. The van der Waals surface area contributed by atoms with Gasteiger partial charge in [-0.2, -0.15) is 0 Å². The Hall–Kier alpha value is -3.20. The average molecular weight is 365 g/mol. The Morgan fingerprint density at radius 2 is 1.89 bits per heavy atom. The third kappa shape index (κ3) is 3.48. The van der Waals surface area contributed by atoms with Gasteiger partial charge in [0.05, 0.1) is 0 Å². The molecule has 0 spiro atoms. The van der Waals surface area contributed by atoms with Crippen LogP contribution in [0.3, 0.4) is 0 Å². The molecule has 4 aromatic rings. The minimum absolute atomic E-state index is 0.833. The van der Waals surface area contributed by atoms with Crippen molar-refractivity contribution in [2.75, 3.05) is 0 Å². The first-order valence-electron chi connectivity index (χ1n) is 9.90. The molecular formula is C25H23N3. The molecule has 0 unspecified atom stereocenters. The summed E-state index contributed by atoms with van der Waals surface area (Å²) < 4.78 is 0. The maximum absolute atomic E-state index is 4.81. The molecule has 1 N–H and O–H groups in total. The fraction of sp³-hybridized carbons (Fsp3) is 0.200. The molecule has 28 heavy (non-hydrogen) atoms. The number of hydrogen-bond donors (Lipinski definition) is 1. The number of H-pyrrole nitrogens is 1. The SMILES string of the molecule is Cc1cc2cc(Cc3ccnc(CCc4ccc5c(c4)C=CC5)n3)ccc2[nH]1. The molecule has 0 saturated heterocycles. The van der Waals surface area contributed by atoms with E-state index in [0.717, 1.165) is 37.2 Å². The Balaban J connectivity index is 1.29. The zero-order valence-corrected chi connectivity index (χ0v) is 16.1. The smallest absolute Gasteiger partial charge is 0.128 e. The van der Waals surface area contributed by atoms with Gasteiger partial charge < -0.3 is 4.98 Å². The maximum atomic E-state index is 4.81. The van der Waals surface area contributed by atoms with Gasteiger partial charge in [0.25, 0.3) is 0 Å². The van der Waals surface area contributed by atoms with Crippen LogP contribution in [0.2, 0.25) is 0 Å². The van der Waals surface area contributed by atoms with Crippen LogP contribution in [0.25, 0.3) is 17.0 Å². The molecule has 0 bridgehead atoms. The zero-order valence-electron chi connectivity index (χ0n) is 16.1. The van der Waals surface area contributed by atoms with Gasteiger partial charge in [-0.05, 0) is 71.7 Å². The summed E-state index contributed by atoms with van der Waals surface area (Å²) >= 11 is 0. The van der Waals surface area contributed by atoms with Crippen LogP contribution in [0.15, 0.2) is 60.8 Å². The topological polar surface area (TPSA) is 41.6 Å². The number of aromatic nitrogens is 3. The van der Waals surface area contributed by atoms with E-state index in [0.29, 0.717) is 0 Å². The highest BCUT2D eigenvalue weighted by Gasteiger charge is 2.07. The van der Waals surface area contributed by atoms with Gasteiger partial charge in [0.1, 0.15) is 5.82 Å². The summed E-state index contributed by atoms with van der Waals surface area (Å²) in [6, 6.07) is 17.6. The molecule has 5 rings (SSSR count). The number of nitrogens with zero attached hydrogens (tertiary/aromatic N) is 2. The molecule has 3 heteroatoms. The molecule has 2 aromatic carbocycles. The fourth-order valence-electron chi connectivity index (χ4n) is 4.02. The van der Waals surface area contributed by atoms with Crippen LogP contribution in [-0.2, 0) is 25.7 Å². The normalized spacial score (nSPS) is 12.6. The molecule has 0 amide bonds. The van der Waals surface area contributed by atoms with Crippen LogP contribution in [0.1, 0.15) is 39.5 Å². The standard InChI is InChI=1S/C25H23N3/c1-17-13-22-15-19(6-9-24(22)27-17)16-23-11-12-26-25(28-23)10-7-18-5-8-20-3-2-4-21(20)14-18/h2,4-6,8-9,11-15,27H,3,7,10,16H2,1H3. The second-order valence-electron chi connectivity index (χ2n) is 7.65. The van der Waals surface area contributed by atoms with Crippen molar-refractivity contribution in [3.8, 4) is 0 Å². The third-order valence-electron chi connectivity index (χ3n) is 5.45. The molecular weight excluding hydrogens is 342 g/mol. The van der Waals surface area contributed by atoms with Crippen molar-refractivity contribution >= 4 is 17.0 Å². The summed E-state index contributed by atoms with van der Waals surface area (Å²) in [6.45, 7) is 2.09. The molecule has 2 heterocycles. The molecule has 0 aliphatic heterocycles. The van der Waals surface area contributed by atoms with Crippen molar-refractivity contribution in [2.24, 2.45) is 0 Å². The summed E-state index contributed by atoms with van der Waals surface area (Å²) in [7, 11) is 0. The number of nitrogens with one attached hydrogen (secondary N) is 1. The highest BCUT2D eigenvalue weighted by atomic mass is 14.9. The lowest BCUT2D eigenvalue weighted by atomic mass is 10.0. The van der Waals surface area contributed by atoms with E-state index in [2.05, 4.69) is 71.5 Å². The summed E-state index contributed by atoms with van der Waals surface area (Å²) in [5, 5.41) is 1.26. The minimum Gasteiger partial charge on any atom is -0.359 e. The van der Waals surface area contributed by atoms with Crippen LogP contribution in [0.5, 0.6) is 0 Å². The zero-order chi connectivity index (χ0) is 18.9. The minimum atomic E-state index is 0.833. The van der Waals surface area contributed by atoms with Gasteiger partial charge in [0, 0.05) is 35.9 Å². The summed E-state index contributed by atoms with van der Waals surface area (Å²) in [6.07, 6.45) is 10.1. The Kier molecular flexibility index (Phi) is 4.28. The van der Waals surface area contributed by atoms with Crippen LogP contribution < -0.4 is 0 Å². The number of benzene rings is 2. The molecule has 0 radical (unpaired) electrons. The number of hydrogen-bond acceptors (Lipinski definition) is 2. The largest absolute Gasteiger partial charge is 0.359 e. The number of aryl methyl sites for hydroxylation is 3. The lowest BCUT2D eigenvalue weighted by Gasteiger charge is -2.06. The molecule has 138 valence electrons. The highest BCUT2D eigenvalue weighted by molar-refractivity contribution is 5.81. The Labute approximate surface area is 165 Å². The number of rotatable bonds is 5. The van der Waals surface area contributed by atoms with E-state index in [1.807, 2.05) is 12.3 Å². The van der Waals surface area contributed by atoms with Crippen molar-refractivity contribution in [3.05, 3.63) is 100 Å². The number of aromatic amines is 1. The first-order chi connectivity index (χ1) is 13.7. The van der Waals surface area contributed by atoms with Crippen LogP contribution in [0.4, 0.5) is 0 Å². The molecule has 0 saturated carbocycles. The van der Waals surface area contributed by atoms with Crippen molar-refractivity contribution in [2.45, 2.75) is 32.6 Å². The Bertz CT molecular complexity index is 1180. The van der Waals surface area contributed by atoms with E-state index < -0.39 is 0 Å². The lowest BCUT2D eigenvalue weighted by Crippen LogP contribution is -2.02. The van der Waals surface area contributed by atoms with Crippen molar-refractivity contribution < 1.29 is 0 Å². The van der Waals surface area contributed by atoms with E-state index in [1.54, 1.807) is 0 Å². The number of allylic oxidation sites excluding steroid dienone is 1. The first kappa shape index (κ1) is 16.9. The van der Waals surface area contributed by atoms with E-state index >= 15 is 0 Å². The van der Waals surface area contributed by atoms with Gasteiger partial charge >= 0.3 is 0 Å². The van der Waals surface area contributed by atoms with Gasteiger partial charge in [-0.1, -0.05) is 36.4 Å². The summed E-state index contributed by atoms with van der Waals surface area (Å²) in [5.41, 5.74) is 8.88. The van der Waals surface area contributed by atoms with Crippen LogP contribution in [-0.4, -0.2) is 15.0 Å². The molecule has 1 aliphatic rings. The van der Waals surface area contributed by atoms with E-state index in [4.69, 9.17) is 4.98 Å². The van der Waals surface area contributed by atoms with Crippen molar-refractivity contribution in [3.63, 3.8) is 0 Å². The van der Waals surface area contributed by atoms with Crippen molar-refractivity contribution in [1.82, 2.24) is 15.0 Å². The summed E-state index contributed by atoms with van der Waals surface area (Å²) in [5.74, 6) is 0.923. The number of fused-ring (bicyclic) bond motifs is 2. The Morgan fingerprint density at radius 3 is 2.86 bits per heavy atom. The van der Waals surface area contributed by atoms with Gasteiger partial charge in [0.15, 0.2) is 0 Å². The molecule has 3 nitrogen and oxygen atoms in total. The second kappa shape index (κ2) is 7.08. The van der Waals surface area contributed by atoms with E-state index in [-0.39, 0.29) is 0 Å². The summed E-state index contributed by atoms with van der Waals surface area (Å²) in [4.78, 5) is 12.7. The first-order valence-corrected chi connectivity index (χ1v) is 9.90. The van der Waals surface area contributed by atoms with Crippen LogP contribution >= 0.6 is 0 Å². The predicted molar refractivity (Wildman–Crippen MR) is 114 cm³/mol. The van der Waals surface area contributed by atoms with Gasteiger partial charge in [-0.15, -0.1) is 0 Å². The Morgan fingerprint density at radius 1 is 0.964 bits per heavy atom. The second-order valence-corrected chi connectivity index (χ2v) is 7.65. The molecule has 2 aromatic heterocycles. The lowest BCUT2D eigenvalue weighted by molar-refractivity contribution is 0.836. The highest BCUT2D eigenvalue weighted by Crippen LogP contribution is 2.21. The fourth-order valence-corrected chi connectivity index (χ4v) is 4.02. The third-order valence-corrected chi connectivity index (χ3v) is 5.45. The molecule has 1 aliphatic carbocycles. The monoisotopic (exact) mass is 365 g/mol. The van der Waals surface area contributed by atoms with Gasteiger partial charge in [-0.25, -0.2) is 9.97 Å². The molecule has 0 fully saturated rings.